The van der Waals surface area contributed by atoms with E-state index in [0.717, 1.165) is 30.0 Å². The molecule has 1 unspecified atom stereocenters. The van der Waals surface area contributed by atoms with Gasteiger partial charge in [-0.25, -0.2) is 0 Å². The highest BCUT2D eigenvalue weighted by atomic mass is 32.1. The number of primary amides is 1. The molecule has 0 radical (unpaired) electrons. The van der Waals surface area contributed by atoms with Crippen LogP contribution in [0.5, 0.6) is 0 Å². The van der Waals surface area contributed by atoms with Crippen molar-refractivity contribution >= 4 is 28.2 Å². The number of benzene rings is 1. The van der Waals surface area contributed by atoms with Gasteiger partial charge in [-0.15, -0.1) is 11.3 Å². The van der Waals surface area contributed by atoms with E-state index in [0.29, 0.717) is 16.1 Å². The van der Waals surface area contributed by atoms with Crippen molar-refractivity contribution < 1.29 is 14.5 Å². The molecular formula is C20H26N3O2S+. The molecule has 138 valence electrons. The maximum atomic E-state index is 12.7. The van der Waals surface area contributed by atoms with Gasteiger partial charge in [0.05, 0.1) is 24.0 Å². The molecule has 0 saturated heterocycles. The number of carbonyl (C=O) groups is 2. The largest absolute Gasteiger partial charge is 0.365 e. The van der Waals surface area contributed by atoms with Crippen LogP contribution in [0, 0.1) is 0 Å². The molecule has 1 aromatic carbocycles. The van der Waals surface area contributed by atoms with Crippen LogP contribution in [0.15, 0.2) is 24.3 Å². The van der Waals surface area contributed by atoms with Gasteiger partial charge in [-0.3, -0.25) is 9.59 Å². The first-order valence-corrected chi connectivity index (χ1v) is 9.66. The minimum Gasteiger partial charge on any atom is -0.365 e. The van der Waals surface area contributed by atoms with E-state index in [1.165, 1.54) is 21.8 Å². The summed E-state index contributed by atoms with van der Waals surface area (Å²) in [6, 6.07) is 7.60. The Hall–Kier alpha value is -2.18. The Morgan fingerprint density at radius 1 is 1.19 bits per heavy atom. The molecule has 1 atom stereocenters. The molecule has 0 aliphatic carbocycles. The topological polar surface area (TPSA) is 76.6 Å². The van der Waals surface area contributed by atoms with Crippen LogP contribution in [0.4, 0.5) is 5.00 Å². The normalized spacial score (nSPS) is 16.8. The third-order valence-electron chi connectivity index (χ3n) is 4.84. The molecule has 2 aromatic rings. The number of quaternary nitrogens is 1. The van der Waals surface area contributed by atoms with Crippen molar-refractivity contribution in [1.29, 1.82) is 0 Å². The van der Waals surface area contributed by atoms with Gasteiger partial charge in [-0.2, -0.15) is 0 Å². The number of thiophene rings is 1. The molecule has 4 N–H and O–H groups in total. The second kappa shape index (κ2) is 6.85. The highest BCUT2D eigenvalue weighted by Gasteiger charge is 2.28. The van der Waals surface area contributed by atoms with Crippen molar-refractivity contribution in [3.63, 3.8) is 0 Å². The van der Waals surface area contributed by atoms with E-state index in [1.807, 2.05) is 24.3 Å². The number of fused-ring (bicyclic) bond motifs is 1. The molecule has 1 aliphatic heterocycles. The number of carbonyl (C=O) groups excluding carboxylic acids is 2. The summed E-state index contributed by atoms with van der Waals surface area (Å²) < 4.78 is 0. The number of nitrogens with one attached hydrogen (secondary N) is 2. The molecule has 0 spiro atoms. The van der Waals surface area contributed by atoms with Gasteiger partial charge in [-0.1, -0.05) is 32.9 Å². The van der Waals surface area contributed by atoms with Crippen LogP contribution < -0.4 is 16.0 Å². The zero-order valence-electron chi connectivity index (χ0n) is 15.7. The highest BCUT2D eigenvalue weighted by molar-refractivity contribution is 7.17. The van der Waals surface area contributed by atoms with E-state index in [1.54, 1.807) is 0 Å². The summed E-state index contributed by atoms with van der Waals surface area (Å²) in [7, 11) is 2.13. The minimum atomic E-state index is -0.472. The van der Waals surface area contributed by atoms with Crippen molar-refractivity contribution in [1.82, 2.24) is 0 Å². The molecule has 3 rings (SSSR count). The number of nitrogens with two attached hydrogens (primary N) is 1. The van der Waals surface area contributed by atoms with Crippen LogP contribution in [0.3, 0.4) is 0 Å². The molecule has 2 amide bonds. The summed E-state index contributed by atoms with van der Waals surface area (Å²) in [5.74, 6) is -0.687. The number of amides is 2. The molecule has 2 heterocycles. The summed E-state index contributed by atoms with van der Waals surface area (Å²) in [5, 5.41) is 3.48. The molecule has 5 nitrogen and oxygen atoms in total. The minimum absolute atomic E-state index is 0.0370. The van der Waals surface area contributed by atoms with Crippen LogP contribution in [0.25, 0.3) is 0 Å². The van der Waals surface area contributed by atoms with E-state index in [-0.39, 0.29) is 11.3 Å². The first-order chi connectivity index (χ1) is 12.2. The van der Waals surface area contributed by atoms with Gasteiger partial charge in [0.2, 0.25) is 0 Å². The number of anilines is 1. The van der Waals surface area contributed by atoms with Gasteiger partial charge in [0.15, 0.2) is 0 Å². The Labute approximate surface area is 158 Å². The van der Waals surface area contributed by atoms with Gasteiger partial charge >= 0.3 is 0 Å². The average Bonchev–Trinajstić information content (AvgIpc) is 2.91. The Morgan fingerprint density at radius 3 is 2.42 bits per heavy atom. The van der Waals surface area contributed by atoms with Gasteiger partial charge < -0.3 is 16.0 Å². The summed E-state index contributed by atoms with van der Waals surface area (Å²) in [4.78, 5) is 27.2. The lowest BCUT2D eigenvalue weighted by atomic mass is 9.87. The Bertz CT molecular complexity index is 847. The first kappa shape index (κ1) is 18.6. The second-order valence-electron chi connectivity index (χ2n) is 7.99. The van der Waals surface area contributed by atoms with E-state index in [9.17, 15) is 9.59 Å². The maximum Gasteiger partial charge on any atom is 0.256 e. The summed E-state index contributed by atoms with van der Waals surface area (Å²) in [6.07, 6.45) is 0.812. The molecular weight excluding hydrogens is 346 g/mol. The van der Waals surface area contributed by atoms with Crippen molar-refractivity contribution in [3.8, 4) is 0 Å². The third-order valence-corrected chi connectivity index (χ3v) is 5.99. The molecule has 0 bridgehead atoms. The standard InChI is InChI=1S/C20H25N3O2S/c1-20(2,3)13-7-5-12(6-8-13)18(25)22-19-16(17(21)24)14-9-10-23(4)11-15(14)26-19/h5-8H,9-11H2,1-4H3,(H2,21,24)(H,22,25)/p+1. The van der Waals surface area contributed by atoms with E-state index >= 15 is 0 Å². The number of rotatable bonds is 3. The fraction of sp³-hybridized carbons (Fsp3) is 0.400. The predicted octanol–water partition coefficient (Wildman–Crippen LogP) is 1.97. The fourth-order valence-electron chi connectivity index (χ4n) is 3.27. The highest BCUT2D eigenvalue weighted by Crippen LogP contribution is 2.34. The summed E-state index contributed by atoms with van der Waals surface area (Å²) in [5.41, 5.74) is 8.88. The molecule has 1 aliphatic rings. The number of hydrogen-bond donors (Lipinski definition) is 3. The smallest absolute Gasteiger partial charge is 0.256 e. The van der Waals surface area contributed by atoms with Crippen molar-refractivity contribution in [2.24, 2.45) is 5.73 Å². The number of hydrogen-bond acceptors (Lipinski definition) is 3. The lowest BCUT2D eigenvalue weighted by Crippen LogP contribution is -3.08. The maximum absolute atomic E-state index is 12.7. The SMILES string of the molecule is C[NH+]1CCc2c(sc(NC(=O)c3ccc(C(C)(C)C)cc3)c2C(N)=O)C1. The van der Waals surface area contributed by atoms with E-state index in [2.05, 4.69) is 33.1 Å². The van der Waals surface area contributed by atoms with Crippen molar-refractivity contribution in [2.45, 2.75) is 39.2 Å². The lowest BCUT2D eigenvalue weighted by molar-refractivity contribution is -0.895. The van der Waals surface area contributed by atoms with Gasteiger partial charge in [-0.05, 0) is 28.7 Å². The Balaban J connectivity index is 1.87. The van der Waals surface area contributed by atoms with E-state index in [4.69, 9.17) is 5.73 Å². The Kier molecular flexibility index (Phi) is 4.90. The Morgan fingerprint density at radius 2 is 1.85 bits per heavy atom. The van der Waals surface area contributed by atoms with Crippen molar-refractivity contribution in [3.05, 3.63) is 51.4 Å². The molecule has 26 heavy (non-hydrogen) atoms. The van der Waals surface area contributed by atoms with Crippen LogP contribution in [-0.2, 0) is 18.4 Å². The van der Waals surface area contributed by atoms with Crippen molar-refractivity contribution in [2.75, 3.05) is 18.9 Å². The van der Waals surface area contributed by atoms with Crippen LogP contribution >= 0.6 is 11.3 Å². The molecule has 6 heteroatoms. The zero-order chi connectivity index (χ0) is 19.1. The monoisotopic (exact) mass is 372 g/mol. The lowest BCUT2D eigenvalue weighted by Gasteiger charge is -2.19. The van der Waals surface area contributed by atoms with Gasteiger partial charge in [0, 0.05) is 12.0 Å². The molecule has 1 aromatic heterocycles. The van der Waals surface area contributed by atoms with E-state index < -0.39 is 5.91 Å². The summed E-state index contributed by atoms with van der Waals surface area (Å²) in [6.45, 7) is 8.23. The second-order valence-corrected chi connectivity index (χ2v) is 9.09. The average molecular weight is 373 g/mol. The fourth-order valence-corrected chi connectivity index (χ4v) is 4.63. The predicted molar refractivity (Wildman–Crippen MR) is 105 cm³/mol. The van der Waals surface area contributed by atoms with Gasteiger partial charge in [0.25, 0.3) is 11.8 Å². The molecule has 0 fully saturated rings. The van der Waals surface area contributed by atoms with Crippen LogP contribution in [-0.4, -0.2) is 25.4 Å². The van der Waals surface area contributed by atoms with Gasteiger partial charge in [0.1, 0.15) is 11.5 Å². The first-order valence-electron chi connectivity index (χ1n) is 8.84. The third kappa shape index (κ3) is 3.66. The van der Waals surface area contributed by atoms with Crippen LogP contribution in [0.2, 0.25) is 0 Å². The summed E-state index contributed by atoms with van der Waals surface area (Å²) >= 11 is 1.47. The zero-order valence-corrected chi connectivity index (χ0v) is 16.5. The van der Waals surface area contributed by atoms with Crippen LogP contribution in [0.1, 0.15) is 57.5 Å². The number of likely N-dealkylation sites (N-methyl/N-ethyl adjacent to an activating group) is 1. The quantitative estimate of drug-likeness (QED) is 0.770. The molecule has 0 saturated carbocycles.